The van der Waals surface area contributed by atoms with Crippen molar-refractivity contribution in [1.29, 1.82) is 0 Å². The first-order chi connectivity index (χ1) is 6.76. The Morgan fingerprint density at radius 2 is 2.14 bits per heavy atom. The van der Waals surface area contributed by atoms with Crippen molar-refractivity contribution in [2.24, 2.45) is 0 Å². The summed E-state index contributed by atoms with van der Waals surface area (Å²) in [5, 5.41) is 0. The smallest absolute Gasteiger partial charge is 0.250 e. The summed E-state index contributed by atoms with van der Waals surface area (Å²) in [6, 6.07) is 7.37. The van der Waals surface area contributed by atoms with Crippen LogP contribution in [0.2, 0.25) is 0 Å². The number of benzene rings is 1. The predicted molar refractivity (Wildman–Crippen MR) is 54.6 cm³/mol. The summed E-state index contributed by atoms with van der Waals surface area (Å²) in [7, 11) is 1.61. The summed E-state index contributed by atoms with van der Waals surface area (Å²) in [6.07, 6.45) is -0.0837. The van der Waals surface area contributed by atoms with Crippen LogP contribution < -0.4 is 9.47 Å². The molecule has 0 saturated carbocycles. The highest BCUT2D eigenvalue weighted by molar-refractivity contribution is 5.32. The van der Waals surface area contributed by atoms with Gasteiger partial charge in [0.15, 0.2) is 6.10 Å². The summed E-state index contributed by atoms with van der Waals surface area (Å²) in [4.78, 5) is 3.27. The van der Waals surface area contributed by atoms with Crippen LogP contribution in [0.3, 0.4) is 0 Å². The van der Waals surface area contributed by atoms with Gasteiger partial charge in [-0.05, 0) is 19.1 Å². The maximum absolute atomic E-state index is 6.70. The summed E-state index contributed by atoms with van der Waals surface area (Å²) < 4.78 is 10.6. The third-order valence-corrected chi connectivity index (χ3v) is 1.73. The topological polar surface area (TPSA) is 22.8 Å². The number of nitrogens with zero attached hydrogens (tertiary/aromatic N) is 1. The van der Waals surface area contributed by atoms with E-state index in [1.54, 1.807) is 13.2 Å². The van der Waals surface area contributed by atoms with Crippen LogP contribution in [0, 0.1) is 6.57 Å². The number of rotatable bonds is 4. The molecule has 0 aromatic heterocycles. The van der Waals surface area contributed by atoms with E-state index >= 15 is 0 Å². The van der Waals surface area contributed by atoms with Crippen molar-refractivity contribution in [3.63, 3.8) is 0 Å². The van der Waals surface area contributed by atoms with Gasteiger partial charge < -0.3 is 14.3 Å². The molecule has 0 N–H and O–H groups in total. The second-order valence-corrected chi connectivity index (χ2v) is 2.95. The Hall–Kier alpha value is -1.69. The normalized spacial score (nSPS) is 11.5. The van der Waals surface area contributed by atoms with Gasteiger partial charge in [-0.2, -0.15) is 0 Å². The molecule has 0 aliphatic heterocycles. The lowest BCUT2D eigenvalue weighted by Crippen LogP contribution is -2.14. The fourth-order valence-electron chi connectivity index (χ4n) is 1.07. The average Bonchev–Trinajstić information content (AvgIpc) is 2.18. The van der Waals surface area contributed by atoms with Crippen molar-refractivity contribution in [3.8, 4) is 11.5 Å². The Kier molecular flexibility index (Phi) is 3.81. The van der Waals surface area contributed by atoms with Crippen LogP contribution in [-0.4, -0.2) is 19.8 Å². The lowest BCUT2D eigenvalue weighted by atomic mass is 10.3. The minimum atomic E-state index is -0.0837. The molecule has 1 aromatic rings. The average molecular weight is 191 g/mol. The van der Waals surface area contributed by atoms with Gasteiger partial charge in [-0.3, -0.25) is 0 Å². The third kappa shape index (κ3) is 2.98. The standard InChI is InChI=1S/C11H13NO2/c1-9(8-12-2)14-11-6-4-5-10(7-11)13-3/h4-7,9H,8H2,1,3H3. The Labute approximate surface area is 84.1 Å². The zero-order chi connectivity index (χ0) is 10.4. The molecule has 0 aliphatic rings. The third-order valence-electron chi connectivity index (χ3n) is 1.73. The molecule has 0 aliphatic carbocycles. The van der Waals surface area contributed by atoms with Crippen molar-refractivity contribution < 1.29 is 9.47 Å². The highest BCUT2D eigenvalue weighted by atomic mass is 16.5. The molecule has 14 heavy (non-hydrogen) atoms. The fourth-order valence-corrected chi connectivity index (χ4v) is 1.07. The molecule has 1 aromatic carbocycles. The van der Waals surface area contributed by atoms with Gasteiger partial charge in [-0.1, -0.05) is 6.07 Å². The van der Waals surface area contributed by atoms with Crippen LogP contribution in [-0.2, 0) is 0 Å². The first-order valence-corrected chi connectivity index (χ1v) is 4.40. The molecule has 74 valence electrons. The van der Waals surface area contributed by atoms with Crippen LogP contribution >= 0.6 is 0 Å². The van der Waals surface area contributed by atoms with Crippen LogP contribution in [0.1, 0.15) is 6.92 Å². The lowest BCUT2D eigenvalue weighted by molar-refractivity contribution is 0.237. The van der Waals surface area contributed by atoms with Crippen LogP contribution in [0.25, 0.3) is 4.85 Å². The maximum Gasteiger partial charge on any atom is 0.250 e. The van der Waals surface area contributed by atoms with E-state index < -0.39 is 0 Å². The van der Waals surface area contributed by atoms with E-state index in [0.717, 1.165) is 11.5 Å². The van der Waals surface area contributed by atoms with Gasteiger partial charge >= 0.3 is 0 Å². The molecule has 1 unspecified atom stereocenters. The van der Waals surface area contributed by atoms with Crippen LogP contribution in [0.15, 0.2) is 24.3 Å². The Morgan fingerprint density at radius 3 is 2.79 bits per heavy atom. The molecule has 0 saturated heterocycles. The van der Waals surface area contributed by atoms with E-state index in [9.17, 15) is 0 Å². The van der Waals surface area contributed by atoms with Crippen LogP contribution in [0.5, 0.6) is 11.5 Å². The van der Waals surface area contributed by atoms with Crippen molar-refractivity contribution in [2.75, 3.05) is 13.7 Å². The molecule has 0 fully saturated rings. The monoisotopic (exact) mass is 191 g/mol. The number of hydrogen-bond donors (Lipinski definition) is 0. The fraction of sp³-hybridized carbons (Fsp3) is 0.364. The van der Waals surface area contributed by atoms with Crippen molar-refractivity contribution in [2.45, 2.75) is 13.0 Å². The summed E-state index contributed by atoms with van der Waals surface area (Å²) >= 11 is 0. The van der Waals surface area contributed by atoms with Gasteiger partial charge in [0.05, 0.1) is 7.11 Å². The molecule has 1 rings (SSSR count). The maximum atomic E-state index is 6.70. The van der Waals surface area contributed by atoms with Gasteiger partial charge in [0.2, 0.25) is 0 Å². The minimum Gasteiger partial charge on any atom is -0.497 e. The van der Waals surface area contributed by atoms with Gasteiger partial charge in [-0.15, -0.1) is 0 Å². The van der Waals surface area contributed by atoms with Crippen molar-refractivity contribution in [3.05, 3.63) is 35.7 Å². The van der Waals surface area contributed by atoms with E-state index in [0.29, 0.717) is 6.54 Å². The predicted octanol–water partition coefficient (Wildman–Crippen LogP) is 2.38. The molecule has 0 radical (unpaired) electrons. The first kappa shape index (κ1) is 10.4. The minimum absolute atomic E-state index is 0.0837. The SMILES string of the molecule is [C-]#[N+]CC(C)Oc1cccc(OC)c1. The van der Waals surface area contributed by atoms with Gasteiger partial charge in [0, 0.05) is 6.07 Å². The van der Waals surface area contributed by atoms with Crippen LogP contribution in [0.4, 0.5) is 0 Å². The molecule has 1 atom stereocenters. The second-order valence-electron chi connectivity index (χ2n) is 2.95. The summed E-state index contributed by atoms with van der Waals surface area (Å²) in [5.41, 5.74) is 0. The largest absolute Gasteiger partial charge is 0.497 e. The van der Waals surface area contributed by atoms with Gasteiger partial charge in [0.1, 0.15) is 11.5 Å². The lowest BCUT2D eigenvalue weighted by Gasteiger charge is -2.10. The molecule has 3 nitrogen and oxygen atoms in total. The van der Waals surface area contributed by atoms with E-state index in [2.05, 4.69) is 4.85 Å². The molecule has 0 amide bonds. The number of methoxy groups -OCH3 is 1. The molecule has 0 bridgehead atoms. The summed E-state index contributed by atoms with van der Waals surface area (Å²) in [6.45, 7) is 8.94. The molecular formula is C11H13NO2. The molecule has 3 heteroatoms. The molecule has 0 heterocycles. The van der Waals surface area contributed by atoms with Gasteiger partial charge in [-0.25, -0.2) is 6.57 Å². The molecular weight excluding hydrogens is 178 g/mol. The highest BCUT2D eigenvalue weighted by Gasteiger charge is 2.06. The second kappa shape index (κ2) is 5.13. The van der Waals surface area contributed by atoms with E-state index in [1.807, 2.05) is 25.1 Å². The summed E-state index contributed by atoms with van der Waals surface area (Å²) in [5.74, 6) is 1.50. The number of ether oxygens (including phenoxy) is 2. The Balaban J connectivity index is 2.63. The van der Waals surface area contributed by atoms with Gasteiger partial charge in [0.25, 0.3) is 6.54 Å². The number of hydrogen-bond acceptors (Lipinski definition) is 2. The first-order valence-electron chi connectivity index (χ1n) is 4.40. The quantitative estimate of drug-likeness (QED) is 0.682. The Bertz CT molecular complexity index is 330. The zero-order valence-corrected chi connectivity index (χ0v) is 8.36. The van der Waals surface area contributed by atoms with E-state index in [4.69, 9.17) is 16.0 Å². The zero-order valence-electron chi connectivity index (χ0n) is 8.36. The van der Waals surface area contributed by atoms with E-state index in [-0.39, 0.29) is 6.10 Å². The van der Waals surface area contributed by atoms with Crippen molar-refractivity contribution >= 4 is 0 Å². The van der Waals surface area contributed by atoms with E-state index in [1.165, 1.54) is 0 Å². The van der Waals surface area contributed by atoms with Crippen molar-refractivity contribution in [1.82, 2.24) is 0 Å². The molecule has 0 spiro atoms. The highest BCUT2D eigenvalue weighted by Crippen LogP contribution is 2.19. The Morgan fingerprint density at radius 1 is 1.43 bits per heavy atom.